The molecule has 1 aliphatic carbocycles. The van der Waals surface area contributed by atoms with Gasteiger partial charge in [-0.1, -0.05) is 17.7 Å². The van der Waals surface area contributed by atoms with E-state index in [1.807, 2.05) is 32.0 Å². The summed E-state index contributed by atoms with van der Waals surface area (Å²) in [5, 5.41) is 0.672. The standard InChI is InChI=1S/C17H20ClN3O/c1-10-4-5-13(9-16(10)18)19-20-17(22)15-8-11(2)21(12(15)3)14-6-7-14/h4-5,8-9,14,19H,6-7H2,1-3H3,(H,20,22). The molecule has 0 unspecified atom stereocenters. The molecule has 1 heterocycles. The topological polar surface area (TPSA) is 46.1 Å². The fourth-order valence-electron chi connectivity index (χ4n) is 2.77. The maximum absolute atomic E-state index is 12.4. The second kappa shape index (κ2) is 5.69. The number of nitrogens with one attached hydrogen (secondary N) is 2. The predicted molar refractivity (Wildman–Crippen MR) is 89.5 cm³/mol. The highest BCUT2D eigenvalue weighted by Crippen LogP contribution is 2.38. The van der Waals surface area contributed by atoms with Crippen molar-refractivity contribution in [3.8, 4) is 0 Å². The summed E-state index contributed by atoms with van der Waals surface area (Å²) in [5.41, 5.74) is 10.3. The quantitative estimate of drug-likeness (QED) is 0.832. The van der Waals surface area contributed by atoms with Crippen LogP contribution >= 0.6 is 11.6 Å². The molecule has 0 saturated heterocycles. The van der Waals surface area contributed by atoms with Crippen LogP contribution in [0, 0.1) is 20.8 Å². The molecule has 3 rings (SSSR count). The van der Waals surface area contributed by atoms with Crippen LogP contribution in [-0.2, 0) is 0 Å². The molecular weight excluding hydrogens is 298 g/mol. The van der Waals surface area contributed by atoms with Crippen LogP contribution in [0.5, 0.6) is 0 Å². The number of anilines is 1. The number of rotatable bonds is 4. The number of carbonyl (C=O) groups is 1. The largest absolute Gasteiger partial charge is 0.345 e. The molecule has 0 atom stereocenters. The summed E-state index contributed by atoms with van der Waals surface area (Å²) in [5.74, 6) is -0.128. The summed E-state index contributed by atoms with van der Waals surface area (Å²) < 4.78 is 2.26. The van der Waals surface area contributed by atoms with Crippen molar-refractivity contribution in [3.05, 3.63) is 51.8 Å². The van der Waals surface area contributed by atoms with Gasteiger partial charge in [0, 0.05) is 22.5 Å². The highest BCUT2D eigenvalue weighted by molar-refractivity contribution is 6.31. The second-order valence-electron chi connectivity index (χ2n) is 5.93. The van der Waals surface area contributed by atoms with Gasteiger partial charge in [0.1, 0.15) is 0 Å². The zero-order chi connectivity index (χ0) is 15.9. The van der Waals surface area contributed by atoms with Crippen LogP contribution in [0.4, 0.5) is 5.69 Å². The van der Waals surface area contributed by atoms with E-state index in [2.05, 4.69) is 22.3 Å². The monoisotopic (exact) mass is 317 g/mol. The van der Waals surface area contributed by atoms with Gasteiger partial charge < -0.3 is 4.57 Å². The number of aryl methyl sites for hydroxylation is 2. The lowest BCUT2D eigenvalue weighted by Crippen LogP contribution is -2.29. The van der Waals surface area contributed by atoms with Gasteiger partial charge in [0.25, 0.3) is 5.91 Å². The molecule has 0 bridgehead atoms. The Kier molecular flexibility index (Phi) is 3.87. The van der Waals surface area contributed by atoms with Crippen LogP contribution < -0.4 is 10.9 Å². The molecule has 1 fully saturated rings. The van der Waals surface area contributed by atoms with Gasteiger partial charge in [-0.3, -0.25) is 15.6 Å². The number of benzene rings is 1. The van der Waals surface area contributed by atoms with Gasteiger partial charge in [-0.15, -0.1) is 0 Å². The van der Waals surface area contributed by atoms with Crippen molar-refractivity contribution in [3.63, 3.8) is 0 Å². The van der Waals surface area contributed by atoms with E-state index in [4.69, 9.17) is 11.6 Å². The fraction of sp³-hybridized carbons (Fsp3) is 0.353. The summed E-state index contributed by atoms with van der Waals surface area (Å²) in [6.07, 6.45) is 2.41. The number of hydrogen-bond donors (Lipinski definition) is 2. The Bertz CT molecular complexity index is 732. The normalized spacial score (nSPS) is 14.0. The molecule has 22 heavy (non-hydrogen) atoms. The lowest BCUT2D eigenvalue weighted by atomic mass is 10.2. The van der Waals surface area contributed by atoms with E-state index in [0.29, 0.717) is 11.1 Å². The van der Waals surface area contributed by atoms with Crippen molar-refractivity contribution in [2.24, 2.45) is 0 Å². The molecule has 116 valence electrons. The van der Waals surface area contributed by atoms with Crippen molar-refractivity contribution in [1.29, 1.82) is 0 Å². The van der Waals surface area contributed by atoms with Crippen molar-refractivity contribution in [1.82, 2.24) is 9.99 Å². The molecule has 1 aromatic carbocycles. The predicted octanol–water partition coefficient (Wildman–Crippen LogP) is 4.16. The van der Waals surface area contributed by atoms with Crippen LogP contribution in [0.25, 0.3) is 0 Å². The van der Waals surface area contributed by atoms with E-state index < -0.39 is 0 Å². The van der Waals surface area contributed by atoms with Gasteiger partial charge in [-0.05, 0) is 57.4 Å². The number of amides is 1. The Morgan fingerprint density at radius 1 is 1.23 bits per heavy atom. The highest BCUT2D eigenvalue weighted by Gasteiger charge is 2.28. The maximum atomic E-state index is 12.4. The van der Waals surface area contributed by atoms with E-state index >= 15 is 0 Å². The molecule has 5 heteroatoms. The van der Waals surface area contributed by atoms with Crippen LogP contribution in [0.2, 0.25) is 5.02 Å². The molecule has 1 aromatic heterocycles. The smallest absolute Gasteiger partial charge is 0.271 e. The molecule has 2 aromatic rings. The van der Waals surface area contributed by atoms with Crippen LogP contribution in [0.3, 0.4) is 0 Å². The summed E-state index contributed by atoms with van der Waals surface area (Å²) in [4.78, 5) is 12.4. The molecule has 0 radical (unpaired) electrons. The average molecular weight is 318 g/mol. The van der Waals surface area contributed by atoms with Crippen molar-refractivity contribution in [2.45, 2.75) is 39.7 Å². The Morgan fingerprint density at radius 2 is 1.95 bits per heavy atom. The number of nitrogens with zero attached hydrogens (tertiary/aromatic N) is 1. The van der Waals surface area contributed by atoms with Gasteiger partial charge in [0.2, 0.25) is 0 Å². The number of hydrogen-bond acceptors (Lipinski definition) is 2. The summed E-state index contributed by atoms with van der Waals surface area (Å²) in [6, 6.07) is 8.12. The number of aromatic nitrogens is 1. The van der Waals surface area contributed by atoms with E-state index in [-0.39, 0.29) is 5.91 Å². The molecule has 1 amide bonds. The van der Waals surface area contributed by atoms with Crippen molar-refractivity contribution >= 4 is 23.2 Å². The third kappa shape index (κ3) is 2.83. The minimum Gasteiger partial charge on any atom is -0.345 e. The summed E-state index contributed by atoms with van der Waals surface area (Å²) >= 11 is 6.08. The third-order valence-corrected chi connectivity index (χ3v) is 4.54. The molecule has 1 aliphatic rings. The van der Waals surface area contributed by atoms with Gasteiger partial charge in [-0.2, -0.15) is 0 Å². The minimum atomic E-state index is -0.128. The first-order valence-electron chi connectivity index (χ1n) is 7.48. The van der Waals surface area contributed by atoms with Gasteiger partial charge in [0.05, 0.1) is 11.3 Å². The number of hydrazine groups is 1. The Labute approximate surface area is 135 Å². The number of halogens is 1. The van der Waals surface area contributed by atoms with E-state index in [0.717, 1.165) is 28.2 Å². The van der Waals surface area contributed by atoms with Crippen molar-refractivity contribution in [2.75, 3.05) is 5.43 Å². The maximum Gasteiger partial charge on any atom is 0.271 e. The SMILES string of the molecule is Cc1ccc(NNC(=O)c2cc(C)n(C3CC3)c2C)cc1Cl. The zero-order valence-corrected chi connectivity index (χ0v) is 13.8. The molecule has 0 spiro atoms. The Hall–Kier alpha value is -1.94. The highest BCUT2D eigenvalue weighted by atomic mass is 35.5. The summed E-state index contributed by atoms with van der Waals surface area (Å²) in [7, 11) is 0. The Morgan fingerprint density at radius 3 is 2.59 bits per heavy atom. The molecule has 0 aliphatic heterocycles. The summed E-state index contributed by atoms with van der Waals surface area (Å²) in [6.45, 7) is 6.00. The molecular formula is C17H20ClN3O. The minimum absolute atomic E-state index is 0.128. The van der Waals surface area contributed by atoms with Gasteiger partial charge >= 0.3 is 0 Å². The fourth-order valence-corrected chi connectivity index (χ4v) is 2.95. The second-order valence-corrected chi connectivity index (χ2v) is 6.34. The van der Waals surface area contributed by atoms with E-state index in [1.54, 1.807) is 6.07 Å². The Balaban J connectivity index is 1.72. The number of carbonyl (C=O) groups excluding carboxylic acids is 1. The average Bonchev–Trinajstić information content (AvgIpc) is 3.26. The first kappa shape index (κ1) is 15.0. The zero-order valence-electron chi connectivity index (χ0n) is 13.0. The van der Waals surface area contributed by atoms with E-state index in [9.17, 15) is 4.79 Å². The van der Waals surface area contributed by atoms with Crippen LogP contribution in [0.1, 0.15) is 46.2 Å². The van der Waals surface area contributed by atoms with Crippen LogP contribution in [-0.4, -0.2) is 10.5 Å². The van der Waals surface area contributed by atoms with Crippen LogP contribution in [0.15, 0.2) is 24.3 Å². The lowest BCUT2D eigenvalue weighted by Gasteiger charge is -2.10. The first-order chi connectivity index (χ1) is 10.5. The molecule has 2 N–H and O–H groups in total. The molecule has 4 nitrogen and oxygen atoms in total. The molecule has 1 saturated carbocycles. The van der Waals surface area contributed by atoms with Crippen molar-refractivity contribution < 1.29 is 4.79 Å². The van der Waals surface area contributed by atoms with E-state index in [1.165, 1.54) is 12.8 Å². The first-order valence-corrected chi connectivity index (χ1v) is 7.86. The lowest BCUT2D eigenvalue weighted by molar-refractivity contribution is 0.0962. The third-order valence-electron chi connectivity index (χ3n) is 4.13. The van der Waals surface area contributed by atoms with Gasteiger partial charge in [-0.25, -0.2) is 0 Å². The van der Waals surface area contributed by atoms with Gasteiger partial charge in [0.15, 0.2) is 0 Å².